The average Bonchev–Trinajstić information content (AvgIpc) is 2.59. The Hall–Kier alpha value is -2.57. The van der Waals surface area contributed by atoms with Crippen LogP contribution in [0.4, 0.5) is 0 Å². The predicted molar refractivity (Wildman–Crippen MR) is 98.8 cm³/mol. The van der Waals surface area contributed by atoms with Crippen molar-refractivity contribution in [2.45, 2.75) is 4.90 Å². The van der Waals surface area contributed by atoms with E-state index in [1.54, 1.807) is 49.6 Å². The lowest BCUT2D eigenvalue weighted by atomic mass is 10.2. The SMILES string of the molecule is COc1ccc(/C=C/S(=O)(=O)c2cc3ccc(Cl)cc3[nH]c2=O)cc1. The fourth-order valence-electron chi connectivity index (χ4n) is 2.32. The van der Waals surface area contributed by atoms with Gasteiger partial charge >= 0.3 is 0 Å². The molecule has 0 aliphatic rings. The highest BCUT2D eigenvalue weighted by Gasteiger charge is 2.16. The lowest BCUT2D eigenvalue weighted by Gasteiger charge is -2.03. The van der Waals surface area contributed by atoms with Crippen LogP contribution >= 0.6 is 11.6 Å². The van der Waals surface area contributed by atoms with E-state index in [4.69, 9.17) is 16.3 Å². The van der Waals surface area contributed by atoms with E-state index in [0.29, 0.717) is 27.2 Å². The second-order valence-electron chi connectivity index (χ2n) is 5.32. The fourth-order valence-corrected chi connectivity index (χ4v) is 3.58. The van der Waals surface area contributed by atoms with E-state index in [-0.39, 0.29) is 4.90 Å². The van der Waals surface area contributed by atoms with Crippen LogP contribution in [0.15, 0.2) is 63.6 Å². The van der Waals surface area contributed by atoms with Crippen LogP contribution < -0.4 is 10.3 Å². The molecule has 1 heterocycles. The molecule has 25 heavy (non-hydrogen) atoms. The second kappa shape index (κ2) is 6.74. The monoisotopic (exact) mass is 375 g/mol. The maximum Gasteiger partial charge on any atom is 0.267 e. The van der Waals surface area contributed by atoms with Gasteiger partial charge in [0.1, 0.15) is 10.6 Å². The highest BCUT2D eigenvalue weighted by molar-refractivity contribution is 7.94. The topological polar surface area (TPSA) is 76.2 Å². The molecular formula is C18H14ClNO4S. The van der Waals surface area contributed by atoms with Crippen molar-refractivity contribution in [3.05, 3.63) is 74.9 Å². The van der Waals surface area contributed by atoms with Crippen molar-refractivity contribution in [1.29, 1.82) is 0 Å². The highest BCUT2D eigenvalue weighted by Crippen LogP contribution is 2.20. The third-order valence-corrected chi connectivity index (χ3v) is 5.28. The number of methoxy groups -OCH3 is 1. The molecule has 0 bridgehead atoms. The van der Waals surface area contributed by atoms with Crippen LogP contribution in [-0.2, 0) is 9.84 Å². The molecule has 0 atom stereocenters. The van der Waals surface area contributed by atoms with Crippen LogP contribution in [0.5, 0.6) is 5.75 Å². The number of aromatic amines is 1. The Kier molecular flexibility index (Phi) is 4.65. The highest BCUT2D eigenvalue weighted by atomic mass is 35.5. The summed E-state index contributed by atoms with van der Waals surface area (Å²) in [6, 6.07) is 13.1. The van der Waals surface area contributed by atoms with Crippen molar-refractivity contribution in [2.75, 3.05) is 7.11 Å². The summed E-state index contributed by atoms with van der Waals surface area (Å²) in [6.07, 6.45) is 1.43. The number of nitrogens with one attached hydrogen (secondary N) is 1. The molecule has 0 spiro atoms. The van der Waals surface area contributed by atoms with Gasteiger partial charge in [0, 0.05) is 15.9 Å². The summed E-state index contributed by atoms with van der Waals surface area (Å²) in [5, 5.41) is 2.06. The molecule has 7 heteroatoms. The molecule has 0 saturated heterocycles. The third kappa shape index (κ3) is 3.75. The molecule has 128 valence electrons. The van der Waals surface area contributed by atoms with Crippen LogP contribution in [0.1, 0.15) is 5.56 Å². The standard InChI is InChI=1S/C18H14ClNO4S/c1-24-15-6-2-12(3-7-15)8-9-25(22,23)17-10-13-4-5-14(19)11-16(13)20-18(17)21/h2-11H,1H3,(H,20,21)/b9-8+. The second-order valence-corrected chi connectivity index (χ2v) is 7.55. The van der Waals surface area contributed by atoms with Gasteiger partial charge in [-0.1, -0.05) is 29.8 Å². The Morgan fingerprint density at radius 2 is 1.80 bits per heavy atom. The van der Waals surface area contributed by atoms with E-state index in [1.807, 2.05) is 0 Å². The van der Waals surface area contributed by atoms with Crippen molar-refractivity contribution >= 4 is 38.4 Å². The van der Waals surface area contributed by atoms with Crippen molar-refractivity contribution in [3.8, 4) is 5.75 Å². The van der Waals surface area contributed by atoms with Crippen molar-refractivity contribution < 1.29 is 13.2 Å². The smallest absolute Gasteiger partial charge is 0.267 e. The average molecular weight is 376 g/mol. The maximum atomic E-state index is 12.5. The van der Waals surface area contributed by atoms with Crippen molar-refractivity contribution in [1.82, 2.24) is 4.98 Å². The zero-order valence-electron chi connectivity index (χ0n) is 13.2. The van der Waals surface area contributed by atoms with Crippen LogP contribution in [-0.4, -0.2) is 20.5 Å². The molecule has 0 amide bonds. The van der Waals surface area contributed by atoms with E-state index in [0.717, 1.165) is 5.41 Å². The lowest BCUT2D eigenvalue weighted by molar-refractivity contribution is 0.415. The van der Waals surface area contributed by atoms with Gasteiger partial charge in [0.15, 0.2) is 0 Å². The summed E-state index contributed by atoms with van der Waals surface area (Å²) >= 11 is 5.88. The van der Waals surface area contributed by atoms with Crippen LogP contribution in [0.2, 0.25) is 5.02 Å². The first kappa shape index (κ1) is 17.3. The largest absolute Gasteiger partial charge is 0.497 e. The Balaban J connectivity index is 2.00. The van der Waals surface area contributed by atoms with Gasteiger partial charge in [-0.25, -0.2) is 8.42 Å². The molecule has 0 radical (unpaired) electrons. The lowest BCUT2D eigenvalue weighted by Crippen LogP contribution is -2.15. The number of rotatable bonds is 4. The third-order valence-electron chi connectivity index (χ3n) is 3.64. The molecule has 5 nitrogen and oxygen atoms in total. The molecule has 1 aromatic heterocycles. The quantitative estimate of drug-likeness (QED) is 0.755. The minimum Gasteiger partial charge on any atom is -0.497 e. The van der Waals surface area contributed by atoms with Gasteiger partial charge < -0.3 is 9.72 Å². The van der Waals surface area contributed by atoms with Crippen LogP contribution in [0, 0.1) is 0 Å². The van der Waals surface area contributed by atoms with Crippen LogP contribution in [0.3, 0.4) is 0 Å². The number of benzene rings is 2. The normalized spacial score (nSPS) is 11.9. The zero-order chi connectivity index (χ0) is 18.0. The fraction of sp³-hybridized carbons (Fsp3) is 0.0556. The number of ether oxygens (including phenoxy) is 1. The van der Waals surface area contributed by atoms with E-state index in [1.165, 1.54) is 12.1 Å². The van der Waals surface area contributed by atoms with Gasteiger partial charge in [-0.3, -0.25) is 4.79 Å². The van der Waals surface area contributed by atoms with Gasteiger partial charge in [-0.15, -0.1) is 0 Å². The molecule has 1 N–H and O–H groups in total. The summed E-state index contributed by atoms with van der Waals surface area (Å²) < 4.78 is 30.1. The van der Waals surface area contributed by atoms with E-state index in [2.05, 4.69) is 4.98 Å². The molecule has 2 aromatic carbocycles. The number of hydrogen-bond acceptors (Lipinski definition) is 4. The molecule has 3 aromatic rings. The number of sulfone groups is 1. The Labute approximate surface area is 149 Å². The predicted octanol–water partition coefficient (Wildman–Crippen LogP) is 3.63. The molecule has 0 unspecified atom stereocenters. The first-order valence-electron chi connectivity index (χ1n) is 7.29. The number of pyridine rings is 1. The molecule has 0 fully saturated rings. The Morgan fingerprint density at radius 3 is 2.48 bits per heavy atom. The molecular weight excluding hydrogens is 362 g/mol. The zero-order valence-corrected chi connectivity index (χ0v) is 14.8. The summed E-state index contributed by atoms with van der Waals surface area (Å²) in [5.41, 5.74) is 0.470. The Morgan fingerprint density at radius 1 is 1.08 bits per heavy atom. The number of aromatic nitrogens is 1. The van der Waals surface area contributed by atoms with E-state index in [9.17, 15) is 13.2 Å². The van der Waals surface area contributed by atoms with Crippen molar-refractivity contribution in [2.24, 2.45) is 0 Å². The minimum atomic E-state index is -3.89. The van der Waals surface area contributed by atoms with Crippen LogP contribution in [0.25, 0.3) is 17.0 Å². The van der Waals surface area contributed by atoms with E-state index < -0.39 is 15.4 Å². The van der Waals surface area contributed by atoms with Gasteiger partial charge in [0.25, 0.3) is 5.56 Å². The number of H-pyrrole nitrogens is 1. The summed E-state index contributed by atoms with van der Waals surface area (Å²) in [7, 11) is -2.34. The maximum absolute atomic E-state index is 12.5. The number of halogens is 1. The van der Waals surface area contributed by atoms with Gasteiger partial charge in [-0.05, 0) is 47.4 Å². The summed E-state index contributed by atoms with van der Waals surface area (Å²) in [4.78, 5) is 14.4. The molecule has 0 aliphatic heterocycles. The van der Waals surface area contributed by atoms with Gasteiger partial charge in [-0.2, -0.15) is 0 Å². The number of hydrogen-bond donors (Lipinski definition) is 1. The summed E-state index contributed by atoms with van der Waals surface area (Å²) in [5.74, 6) is 0.671. The minimum absolute atomic E-state index is 0.313. The van der Waals surface area contributed by atoms with Gasteiger partial charge in [0.05, 0.1) is 7.11 Å². The van der Waals surface area contributed by atoms with Crippen molar-refractivity contribution in [3.63, 3.8) is 0 Å². The van der Waals surface area contributed by atoms with Gasteiger partial charge in [0.2, 0.25) is 9.84 Å². The first-order valence-corrected chi connectivity index (χ1v) is 9.21. The summed E-state index contributed by atoms with van der Waals surface area (Å²) in [6.45, 7) is 0. The first-order chi connectivity index (χ1) is 11.9. The molecule has 0 aliphatic carbocycles. The Bertz CT molecular complexity index is 1120. The molecule has 3 rings (SSSR count). The van der Waals surface area contributed by atoms with E-state index >= 15 is 0 Å². The number of fused-ring (bicyclic) bond motifs is 1. The molecule has 0 saturated carbocycles.